The Morgan fingerprint density at radius 1 is 1.04 bits per heavy atom. The lowest BCUT2D eigenvalue weighted by Crippen LogP contribution is -2.29. The van der Waals surface area contributed by atoms with Gasteiger partial charge in [-0.15, -0.1) is 0 Å². The molecule has 5 aromatic rings. The summed E-state index contributed by atoms with van der Waals surface area (Å²) >= 11 is 0. The molecule has 0 spiro atoms. The van der Waals surface area contributed by atoms with Crippen molar-refractivity contribution < 1.29 is 23.2 Å². The first-order chi connectivity index (χ1) is 22.0. The molecule has 3 aromatic carbocycles. The summed E-state index contributed by atoms with van der Waals surface area (Å²) in [6.45, 7) is 2.01. The molecule has 0 radical (unpaired) electrons. The van der Waals surface area contributed by atoms with E-state index in [9.17, 15) is 28.0 Å². The summed E-state index contributed by atoms with van der Waals surface area (Å²) in [5.41, 5.74) is 6.66. The zero-order chi connectivity index (χ0) is 33.0. The maximum Gasteiger partial charge on any atom is 0.434 e. The Labute approximate surface area is 259 Å². The Kier molecular flexibility index (Phi) is 8.83. The summed E-state index contributed by atoms with van der Waals surface area (Å²) in [6, 6.07) is 20.7. The fourth-order valence-corrected chi connectivity index (χ4v) is 4.90. The molecule has 0 aliphatic heterocycles. The molecule has 0 saturated heterocycles. The smallest absolute Gasteiger partial charge is 0.380 e. The van der Waals surface area contributed by atoms with Gasteiger partial charge in [0.25, 0.3) is 11.5 Å². The number of hydrogen-bond donors (Lipinski definition) is 5. The highest BCUT2D eigenvalue weighted by molar-refractivity contribution is 5.93. The summed E-state index contributed by atoms with van der Waals surface area (Å²) in [4.78, 5) is 37.9. The lowest BCUT2D eigenvalue weighted by atomic mass is 10.1. The van der Waals surface area contributed by atoms with Crippen LogP contribution in [-0.4, -0.2) is 30.6 Å². The van der Waals surface area contributed by atoms with Gasteiger partial charge >= 0.3 is 6.18 Å². The normalized spacial score (nSPS) is 11.9. The third-order valence-corrected chi connectivity index (χ3v) is 7.08. The molecule has 12 nitrogen and oxygen atoms in total. The van der Waals surface area contributed by atoms with Gasteiger partial charge in [-0.1, -0.05) is 43.3 Å². The van der Waals surface area contributed by atoms with Crippen LogP contribution in [0.2, 0.25) is 0 Å². The van der Waals surface area contributed by atoms with Gasteiger partial charge in [0, 0.05) is 17.8 Å². The Balaban J connectivity index is 1.61. The zero-order valence-electron chi connectivity index (χ0n) is 24.1. The summed E-state index contributed by atoms with van der Waals surface area (Å²) in [5, 5.41) is 24.8. The van der Waals surface area contributed by atoms with Crippen molar-refractivity contribution in [1.82, 2.24) is 25.0 Å². The van der Waals surface area contributed by atoms with Crippen LogP contribution in [0.5, 0.6) is 0 Å². The number of anilines is 3. The van der Waals surface area contributed by atoms with Gasteiger partial charge < -0.3 is 16.4 Å². The molecule has 1 amide bonds. The van der Waals surface area contributed by atoms with Crippen LogP contribution in [0.15, 0.2) is 77.6 Å². The van der Waals surface area contributed by atoms with Crippen LogP contribution in [0.4, 0.5) is 30.6 Å². The number of nitriles is 1. The number of amides is 1. The predicted molar refractivity (Wildman–Crippen MR) is 163 cm³/mol. The molecule has 1 atom stereocenters. The van der Waals surface area contributed by atoms with E-state index >= 15 is 0 Å². The number of nitrogens with zero attached hydrogens (tertiary/aromatic N) is 5. The van der Waals surface area contributed by atoms with Crippen LogP contribution in [0, 0.1) is 11.3 Å². The molecule has 0 unspecified atom stereocenters. The van der Waals surface area contributed by atoms with Crippen molar-refractivity contribution in [2.75, 3.05) is 16.4 Å². The number of benzene rings is 3. The summed E-state index contributed by atoms with van der Waals surface area (Å²) < 4.78 is 42.5. The van der Waals surface area contributed by atoms with Gasteiger partial charge in [0.1, 0.15) is 17.5 Å². The average Bonchev–Trinajstić information content (AvgIpc) is 3.05. The van der Waals surface area contributed by atoms with Crippen LogP contribution in [-0.2, 0) is 12.7 Å². The molecule has 2 heterocycles. The number of carbonyl (C=O) groups excluding carboxylic acids is 1. The van der Waals surface area contributed by atoms with Crippen molar-refractivity contribution >= 4 is 34.3 Å². The Morgan fingerprint density at radius 2 is 1.76 bits per heavy atom. The number of rotatable bonds is 9. The Hall–Kier alpha value is -6.01. The highest BCUT2D eigenvalue weighted by Crippen LogP contribution is 2.35. The van der Waals surface area contributed by atoms with Gasteiger partial charge in [-0.05, 0) is 48.4 Å². The first-order valence-electron chi connectivity index (χ1n) is 13.8. The number of carbonyl (C=O) groups is 1. The summed E-state index contributed by atoms with van der Waals surface area (Å²) in [7, 11) is 0. The number of aromatic nitrogens is 4. The van der Waals surface area contributed by atoms with E-state index in [0.29, 0.717) is 16.9 Å². The van der Waals surface area contributed by atoms with Crippen LogP contribution in [0.1, 0.15) is 52.4 Å². The second-order valence-electron chi connectivity index (χ2n) is 10.0. The lowest BCUT2D eigenvalue weighted by Gasteiger charge is -2.23. The standard InChI is InChI=1S/C31H26F3N9O3/c1-2-21(38-26-20(15-35)25(31(32,33)34)40-30(36)41-26)27-39-23-10-6-9-22(24(23)29(45)43(27)19-7-4-3-5-8-19)37-16-17-11-13-18(14-12-17)28(44)42-46/h3-14,21,37,46H,2,16H2,1H3,(H,42,44)(H3,36,38,40,41)/t21-/m0/s1. The fraction of sp³-hybridized carbons (Fsp3) is 0.161. The van der Waals surface area contributed by atoms with E-state index in [-0.39, 0.29) is 29.7 Å². The number of para-hydroxylation sites is 1. The van der Waals surface area contributed by atoms with Gasteiger partial charge in [-0.3, -0.25) is 19.4 Å². The molecule has 0 aliphatic rings. The van der Waals surface area contributed by atoms with Gasteiger partial charge in [0.05, 0.1) is 22.6 Å². The molecule has 46 heavy (non-hydrogen) atoms. The molecule has 0 bridgehead atoms. The van der Waals surface area contributed by atoms with E-state index in [1.807, 2.05) is 0 Å². The number of fused-ring (bicyclic) bond motifs is 1. The zero-order valence-corrected chi connectivity index (χ0v) is 24.1. The Morgan fingerprint density at radius 3 is 2.39 bits per heavy atom. The highest BCUT2D eigenvalue weighted by atomic mass is 19.4. The van der Waals surface area contributed by atoms with Crippen molar-refractivity contribution in [3.05, 3.63) is 111 Å². The van der Waals surface area contributed by atoms with E-state index in [4.69, 9.17) is 15.9 Å². The minimum absolute atomic E-state index is 0.163. The van der Waals surface area contributed by atoms with Crippen molar-refractivity contribution in [3.8, 4) is 11.8 Å². The predicted octanol–water partition coefficient (Wildman–Crippen LogP) is 4.94. The molecule has 6 N–H and O–H groups in total. The highest BCUT2D eigenvalue weighted by Gasteiger charge is 2.38. The number of nitrogen functional groups attached to an aromatic ring is 1. The van der Waals surface area contributed by atoms with Crippen molar-refractivity contribution in [3.63, 3.8) is 0 Å². The van der Waals surface area contributed by atoms with Crippen molar-refractivity contribution in [2.24, 2.45) is 0 Å². The first-order valence-corrected chi connectivity index (χ1v) is 13.8. The second-order valence-corrected chi connectivity index (χ2v) is 10.0. The fourth-order valence-electron chi connectivity index (χ4n) is 4.90. The van der Waals surface area contributed by atoms with E-state index in [2.05, 4.69) is 20.6 Å². The third kappa shape index (κ3) is 6.28. The van der Waals surface area contributed by atoms with E-state index < -0.39 is 46.7 Å². The van der Waals surface area contributed by atoms with E-state index in [1.54, 1.807) is 85.2 Å². The molecule has 15 heteroatoms. The van der Waals surface area contributed by atoms with Gasteiger partial charge in [0.15, 0.2) is 11.5 Å². The minimum atomic E-state index is -4.97. The maximum atomic E-state index is 14.3. The summed E-state index contributed by atoms with van der Waals surface area (Å²) in [5.74, 6) is -1.61. The van der Waals surface area contributed by atoms with Gasteiger partial charge in [-0.25, -0.2) is 15.4 Å². The Bertz CT molecular complexity index is 2010. The second kappa shape index (κ2) is 12.9. The molecule has 234 valence electrons. The van der Waals surface area contributed by atoms with Crippen molar-refractivity contribution in [1.29, 1.82) is 5.26 Å². The molecular formula is C31H26F3N9O3. The molecule has 0 saturated carbocycles. The lowest BCUT2D eigenvalue weighted by molar-refractivity contribution is -0.141. The third-order valence-electron chi connectivity index (χ3n) is 7.08. The monoisotopic (exact) mass is 629 g/mol. The summed E-state index contributed by atoms with van der Waals surface area (Å²) in [6.07, 6.45) is -4.74. The molecule has 0 fully saturated rings. The topological polar surface area (TPSA) is 184 Å². The van der Waals surface area contributed by atoms with Crippen LogP contribution in [0.3, 0.4) is 0 Å². The largest absolute Gasteiger partial charge is 0.434 e. The molecule has 0 aliphatic carbocycles. The first kappa shape index (κ1) is 31.4. The number of nitrogens with one attached hydrogen (secondary N) is 3. The van der Waals surface area contributed by atoms with Crippen LogP contribution < -0.4 is 27.4 Å². The SMILES string of the molecule is CC[C@H](Nc1nc(N)nc(C(F)(F)F)c1C#N)c1nc2cccc(NCc3ccc(C(=O)NO)cc3)c2c(=O)n1-c1ccccc1. The van der Waals surface area contributed by atoms with Gasteiger partial charge in [0.2, 0.25) is 5.95 Å². The number of alkyl halides is 3. The minimum Gasteiger partial charge on any atom is -0.380 e. The number of hydroxylamine groups is 1. The number of nitrogens with two attached hydrogens (primary N) is 1. The average molecular weight is 630 g/mol. The van der Waals surface area contributed by atoms with Gasteiger partial charge in [-0.2, -0.15) is 23.4 Å². The van der Waals surface area contributed by atoms with E-state index in [1.165, 1.54) is 10.6 Å². The van der Waals surface area contributed by atoms with Crippen molar-refractivity contribution in [2.45, 2.75) is 32.1 Å². The molecule has 2 aromatic heterocycles. The quantitative estimate of drug-likeness (QED) is 0.111. The number of hydrogen-bond acceptors (Lipinski definition) is 10. The van der Waals surface area contributed by atoms with Crippen LogP contribution in [0.25, 0.3) is 16.6 Å². The number of halogens is 3. The van der Waals surface area contributed by atoms with E-state index in [0.717, 1.165) is 5.56 Å². The molecular weight excluding hydrogens is 603 g/mol. The maximum absolute atomic E-state index is 14.3. The van der Waals surface area contributed by atoms with Crippen LogP contribution >= 0.6 is 0 Å². The molecule has 5 rings (SSSR count).